The third-order valence-electron chi connectivity index (χ3n) is 4.85. The summed E-state index contributed by atoms with van der Waals surface area (Å²) in [5, 5.41) is 9.01. The number of hydrogen-bond acceptors (Lipinski definition) is 3. The van der Waals surface area contributed by atoms with Crippen molar-refractivity contribution in [1.82, 2.24) is 0 Å². The molecule has 0 unspecified atom stereocenters. The van der Waals surface area contributed by atoms with Crippen molar-refractivity contribution in [2.24, 2.45) is 17.8 Å². The van der Waals surface area contributed by atoms with Crippen molar-refractivity contribution in [1.29, 1.82) is 0 Å². The van der Waals surface area contributed by atoms with Crippen LogP contribution in [0.2, 0.25) is 0 Å². The predicted molar refractivity (Wildman–Crippen MR) is 91.2 cm³/mol. The molecule has 0 saturated heterocycles. The van der Waals surface area contributed by atoms with Gasteiger partial charge in [0, 0.05) is 0 Å². The zero-order valence-electron chi connectivity index (χ0n) is 15.3. The minimum absolute atomic E-state index is 0.120. The zero-order valence-corrected chi connectivity index (χ0v) is 15.3. The summed E-state index contributed by atoms with van der Waals surface area (Å²) in [6, 6.07) is 0. The van der Waals surface area contributed by atoms with Crippen LogP contribution in [-0.2, 0) is 14.3 Å². The summed E-state index contributed by atoms with van der Waals surface area (Å²) in [6.45, 7) is 8.45. The molecule has 0 amide bonds. The Morgan fingerprint density at radius 3 is 2.13 bits per heavy atom. The van der Waals surface area contributed by atoms with Crippen LogP contribution in [0.3, 0.4) is 0 Å². The lowest BCUT2D eigenvalue weighted by molar-refractivity contribution is -0.165. The number of carboxylic acid groups (broad SMARTS) is 1. The molecule has 0 aromatic carbocycles. The van der Waals surface area contributed by atoms with E-state index in [1.807, 2.05) is 13.8 Å². The van der Waals surface area contributed by atoms with E-state index in [1.165, 1.54) is 19.3 Å². The minimum atomic E-state index is -0.737. The Morgan fingerprint density at radius 1 is 1.04 bits per heavy atom. The van der Waals surface area contributed by atoms with Crippen molar-refractivity contribution in [3.63, 3.8) is 0 Å². The average Bonchev–Trinajstić information content (AvgIpc) is 2.46. The van der Waals surface area contributed by atoms with Crippen LogP contribution in [0.25, 0.3) is 0 Å². The Morgan fingerprint density at radius 2 is 1.61 bits per heavy atom. The number of ether oxygens (including phenoxy) is 1. The number of carboxylic acids is 1. The van der Waals surface area contributed by atoms with Crippen LogP contribution in [0.15, 0.2) is 0 Å². The Balaban J connectivity index is 2.28. The van der Waals surface area contributed by atoms with Gasteiger partial charge in [0.25, 0.3) is 0 Å². The summed E-state index contributed by atoms with van der Waals surface area (Å²) in [7, 11) is 0. The maximum absolute atomic E-state index is 12.3. The van der Waals surface area contributed by atoms with Crippen molar-refractivity contribution in [3.8, 4) is 0 Å². The number of hydrogen-bond donors (Lipinski definition) is 1. The average molecular weight is 326 g/mol. The molecule has 1 saturated carbocycles. The molecule has 0 bridgehead atoms. The normalized spacial score (nSPS) is 22.1. The molecule has 0 aromatic rings. The predicted octanol–water partition coefficient (Wildman–Crippen LogP) is 4.81. The van der Waals surface area contributed by atoms with Crippen molar-refractivity contribution < 1.29 is 19.4 Å². The molecule has 1 aliphatic rings. The Kier molecular flexibility index (Phi) is 8.07. The van der Waals surface area contributed by atoms with Gasteiger partial charge in [-0.1, -0.05) is 33.1 Å². The van der Waals surface area contributed by atoms with Gasteiger partial charge in [0.1, 0.15) is 5.60 Å². The largest absolute Gasteiger partial charge is 0.481 e. The van der Waals surface area contributed by atoms with Crippen LogP contribution in [0.5, 0.6) is 0 Å². The molecule has 1 rings (SSSR count). The van der Waals surface area contributed by atoms with E-state index in [9.17, 15) is 9.59 Å². The SMILES string of the molecule is CC(C)CCCCCC(C)(C)OC(=O)C1CCC(C(=O)O)CC1. The molecule has 0 heterocycles. The van der Waals surface area contributed by atoms with E-state index < -0.39 is 11.6 Å². The number of carbonyl (C=O) groups excluding carboxylic acids is 1. The summed E-state index contributed by atoms with van der Waals surface area (Å²) in [5.41, 5.74) is -0.418. The van der Waals surface area contributed by atoms with Gasteiger partial charge in [-0.25, -0.2) is 0 Å². The maximum Gasteiger partial charge on any atom is 0.309 e. The molecule has 1 N–H and O–H groups in total. The molecule has 4 nitrogen and oxygen atoms in total. The lowest BCUT2D eigenvalue weighted by atomic mass is 9.82. The maximum atomic E-state index is 12.3. The standard InChI is InChI=1S/C19H34O4/c1-14(2)8-6-5-7-13-19(3,4)23-18(22)16-11-9-15(10-12-16)17(20)21/h14-16H,5-13H2,1-4H3,(H,20,21). The van der Waals surface area contributed by atoms with Crippen LogP contribution in [0, 0.1) is 17.8 Å². The van der Waals surface area contributed by atoms with E-state index in [2.05, 4.69) is 13.8 Å². The van der Waals surface area contributed by atoms with Gasteiger partial charge in [0.2, 0.25) is 0 Å². The molecule has 1 fully saturated rings. The smallest absolute Gasteiger partial charge is 0.309 e. The van der Waals surface area contributed by atoms with Crippen LogP contribution >= 0.6 is 0 Å². The molecular formula is C19H34O4. The van der Waals surface area contributed by atoms with Crippen LogP contribution < -0.4 is 0 Å². The first-order chi connectivity index (χ1) is 10.7. The third kappa shape index (κ3) is 7.85. The first-order valence-electron chi connectivity index (χ1n) is 9.17. The summed E-state index contributed by atoms with van der Waals surface area (Å²) in [4.78, 5) is 23.3. The number of carbonyl (C=O) groups is 2. The molecule has 0 radical (unpaired) electrons. The molecular weight excluding hydrogens is 292 g/mol. The Labute approximate surface area is 141 Å². The molecule has 0 aromatic heterocycles. The second-order valence-corrected chi connectivity index (χ2v) is 8.06. The molecule has 23 heavy (non-hydrogen) atoms. The van der Waals surface area contributed by atoms with E-state index in [0.717, 1.165) is 18.8 Å². The topological polar surface area (TPSA) is 63.6 Å². The monoisotopic (exact) mass is 326 g/mol. The zero-order chi connectivity index (χ0) is 17.5. The molecule has 134 valence electrons. The highest BCUT2D eigenvalue weighted by Gasteiger charge is 2.33. The quantitative estimate of drug-likeness (QED) is 0.488. The highest BCUT2D eigenvalue weighted by molar-refractivity contribution is 5.74. The van der Waals surface area contributed by atoms with Gasteiger partial charge in [-0.15, -0.1) is 0 Å². The van der Waals surface area contributed by atoms with Crippen LogP contribution in [-0.4, -0.2) is 22.6 Å². The van der Waals surface area contributed by atoms with Gasteiger partial charge in [0.15, 0.2) is 0 Å². The number of esters is 1. The van der Waals surface area contributed by atoms with Crippen LogP contribution in [0.1, 0.15) is 85.5 Å². The van der Waals surface area contributed by atoms with Crippen molar-refractivity contribution in [3.05, 3.63) is 0 Å². The van der Waals surface area contributed by atoms with E-state index in [-0.39, 0.29) is 17.8 Å². The summed E-state index contributed by atoms with van der Waals surface area (Å²) in [5.74, 6) is -0.528. The molecule has 1 aliphatic carbocycles. The summed E-state index contributed by atoms with van der Waals surface area (Å²) >= 11 is 0. The first-order valence-corrected chi connectivity index (χ1v) is 9.17. The Bertz CT molecular complexity index is 379. The van der Waals surface area contributed by atoms with Gasteiger partial charge in [-0.3, -0.25) is 9.59 Å². The summed E-state index contributed by atoms with van der Waals surface area (Å²) < 4.78 is 5.71. The molecule has 4 heteroatoms. The van der Waals surface area contributed by atoms with Crippen molar-refractivity contribution in [2.45, 2.75) is 91.1 Å². The van der Waals surface area contributed by atoms with E-state index in [0.29, 0.717) is 25.7 Å². The van der Waals surface area contributed by atoms with Gasteiger partial charge in [-0.05, 0) is 58.3 Å². The number of unbranched alkanes of at least 4 members (excludes halogenated alkanes) is 2. The highest BCUT2D eigenvalue weighted by atomic mass is 16.6. The highest BCUT2D eigenvalue weighted by Crippen LogP contribution is 2.31. The first kappa shape index (κ1) is 20.0. The van der Waals surface area contributed by atoms with Crippen LogP contribution in [0.4, 0.5) is 0 Å². The fourth-order valence-electron chi connectivity index (χ4n) is 3.26. The molecule has 0 aliphatic heterocycles. The lowest BCUT2D eigenvalue weighted by Gasteiger charge is -2.30. The van der Waals surface area contributed by atoms with Crippen molar-refractivity contribution >= 4 is 11.9 Å². The van der Waals surface area contributed by atoms with E-state index >= 15 is 0 Å². The van der Waals surface area contributed by atoms with Gasteiger partial charge in [0.05, 0.1) is 11.8 Å². The lowest BCUT2D eigenvalue weighted by Crippen LogP contribution is -2.34. The third-order valence-corrected chi connectivity index (χ3v) is 4.85. The fraction of sp³-hybridized carbons (Fsp3) is 0.895. The second kappa shape index (κ2) is 9.29. The van der Waals surface area contributed by atoms with E-state index in [4.69, 9.17) is 9.84 Å². The fourth-order valence-corrected chi connectivity index (χ4v) is 3.26. The second-order valence-electron chi connectivity index (χ2n) is 8.06. The molecule has 0 atom stereocenters. The molecule has 0 spiro atoms. The Hall–Kier alpha value is -1.06. The van der Waals surface area contributed by atoms with E-state index in [1.54, 1.807) is 0 Å². The number of aliphatic carboxylic acids is 1. The summed E-state index contributed by atoms with van der Waals surface area (Å²) in [6.07, 6.45) is 8.10. The van der Waals surface area contributed by atoms with Gasteiger partial charge in [-0.2, -0.15) is 0 Å². The van der Waals surface area contributed by atoms with Gasteiger partial charge >= 0.3 is 11.9 Å². The van der Waals surface area contributed by atoms with Gasteiger partial charge < -0.3 is 9.84 Å². The number of rotatable bonds is 9. The van der Waals surface area contributed by atoms with Crippen molar-refractivity contribution in [2.75, 3.05) is 0 Å². The minimum Gasteiger partial charge on any atom is -0.481 e.